The fourth-order valence-corrected chi connectivity index (χ4v) is 3.14. The predicted molar refractivity (Wildman–Crippen MR) is 96.9 cm³/mol. The maximum atomic E-state index is 12.5. The van der Waals surface area contributed by atoms with Gasteiger partial charge in [0, 0.05) is 17.5 Å². The Labute approximate surface area is 142 Å². The molecule has 0 bridgehead atoms. The van der Waals surface area contributed by atoms with Crippen LogP contribution in [0.25, 0.3) is 0 Å². The van der Waals surface area contributed by atoms with E-state index in [1.54, 1.807) is 18.0 Å². The first kappa shape index (κ1) is 17.5. The highest BCUT2D eigenvalue weighted by molar-refractivity contribution is 7.99. The number of hydrogen-bond donors (Lipinski definition) is 1. The normalized spacial score (nSPS) is 12.2. The first-order valence-corrected chi connectivity index (χ1v) is 8.90. The highest BCUT2D eigenvalue weighted by Gasteiger charge is 2.15. The van der Waals surface area contributed by atoms with Crippen molar-refractivity contribution in [3.8, 4) is 0 Å². The van der Waals surface area contributed by atoms with E-state index in [1.165, 1.54) is 5.56 Å². The number of pyridine rings is 1. The molecule has 0 aliphatic carbocycles. The molecule has 0 fully saturated rings. The van der Waals surface area contributed by atoms with Crippen LogP contribution >= 0.6 is 11.8 Å². The van der Waals surface area contributed by atoms with Gasteiger partial charge in [0.15, 0.2) is 0 Å². The minimum absolute atomic E-state index is 0.0400. The summed E-state index contributed by atoms with van der Waals surface area (Å²) in [5.41, 5.74) is 1.96. The maximum absolute atomic E-state index is 12.5. The fraction of sp³-hybridized carbons (Fsp3) is 0.368. The Morgan fingerprint density at radius 2 is 1.87 bits per heavy atom. The van der Waals surface area contributed by atoms with E-state index in [0.717, 1.165) is 17.9 Å². The molecule has 1 amide bonds. The van der Waals surface area contributed by atoms with Crippen LogP contribution in [0.15, 0.2) is 53.7 Å². The second kappa shape index (κ2) is 8.73. The summed E-state index contributed by atoms with van der Waals surface area (Å²) < 4.78 is 0. The second-order valence-electron chi connectivity index (χ2n) is 5.92. The molecule has 4 heteroatoms. The molecular formula is C19H24N2OS. The number of hydrogen-bond acceptors (Lipinski definition) is 3. The fourth-order valence-electron chi connectivity index (χ4n) is 2.28. The topological polar surface area (TPSA) is 42.0 Å². The van der Waals surface area contributed by atoms with Crippen molar-refractivity contribution >= 4 is 17.7 Å². The molecule has 0 aliphatic rings. The number of benzene rings is 1. The highest BCUT2D eigenvalue weighted by atomic mass is 32.2. The van der Waals surface area contributed by atoms with Crippen LogP contribution in [0.5, 0.6) is 0 Å². The van der Waals surface area contributed by atoms with Crippen LogP contribution in [-0.2, 0) is 6.42 Å². The Balaban J connectivity index is 1.93. The van der Waals surface area contributed by atoms with E-state index in [9.17, 15) is 4.79 Å². The number of aromatic nitrogens is 1. The summed E-state index contributed by atoms with van der Waals surface area (Å²) in [5.74, 6) is -0.0400. The third-order valence-corrected chi connectivity index (χ3v) is 4.47. The summed E-state index contributed by atoms with van der Waals surface area (Å²) in [4.78, 5) is 16.8. The van der Waals surface area contributed by atoms with E-state index < -0.39 is 0 Å². The molecule has 23 heavy (non-hydrogen) atoms. The molecule has 1 unspecified atom stereocenters. The molecule has 1 heterocycles. The van der Waals surface area contributed by atoms with Crippen LogP contribution in [0.2, 0.25) is 0 Å². The molecule has 0 spiro atoms. The van der Waals surface area contributed by atoms with Crippen molar-refractivity contribution in [1.82, 2.24) is 10.3 Å². The number of nitrogens with one attached hydrogen (secondary N) is 1. The number of rotatable bonds is 7. The van der Waals surface area contributed by atoms with Gasteiger partial charge in [0.1, 0.15) is 5.03 Å². The van der Waals surface area contributed by atoms with Crippen molar-refractivity contribution in [1.29, 1.82) is 0 Å². The van der Waals surface area contributed by atoms with Crippen LogP contribution in [-0.4, -0.2) is 22.2 Å². The van der Waals surface area contributed by atoms with Crippen LogP contribution in [0.3, 0.4) is 0 Å². The van der Waals surface area contributed by atoms with Crippen LogP contribution in [0, 0.1) is 0 Å². The van der Waals surface area contributed by atoms with Gasteiger partial charge in [0.2, 0.25) is 0 Å². The largest absolute Gasteiger partial charge is 0.349 e. The van der Waals surface area contributed by atoms with Gasteiger partial charge < -0.3 is 5.32 Å². The summed E-state index contributed by atoms with van der Waals surface area (Å²) in [5, 5.41) is 4.28. The average Bonchev–Trinajstić information content (AvgIpc) is 2.54. The average molecular weight is 328 g/mol. The van der Waals surface area contributed by atoms with E-state index in [0.29, 0.717) is 10.8 Å². The first-order valence-electron chi connectivity index (χ1n) is 8.02. The van der Waals surface area contributed by atoms with Gasteiger partial charge in [0.25, 0.3) is 5.91 Å². The Kier molecular flexibility index (Phi) is 6.66. The monoisotopic (exact) mass is 328 g/mol. The lowest BCUT2D eigenvalue weighted by Gasteiger charge is -2.15. The van der Waals surface area contributed by atoms with Gasteiger partial charge in [0.05, 0.1) is 5.56 Å². The molecule has 2 rings (SSSR count). The zero-order valence-electron chi connectivity index (χ0n) is 14.0. The van der Waals surface area contributed by atoms with Crippen LogP contribution in [0.1, 0.15) is 43.1 Å². The Hall–Kier alpha value is -1.81. The number of thioether (sulfide) groups is 1. The molecule has 122 valence electrons. The minimum Gasteiger partial charge on any atom is -0.349 e. The van der Waals surface area contributed by atoms with E-state index in [2.05, 4.69) is 36.3 Å². The van der Waals surface area contributed by atoms with Gasteiger partial charge in [-0.25, -0.2) is 4.98 Å². The highest BCUT2D eigenvalue weighted by Crippen LogP contribution is 2.24. The van der Waals surface area contributed by atoms with E-state index in [1.807, 2.05) is 37.3 Å². The molecule has 1 atom stereocenters. The predicted octanol–water partition coefficient (Wildman–Crippen LogP) is 4.33. The summed E-state index contributed by atoms with van der Waals surface area (Å²) in [6.45, 7) is 6.25. The summed E-state index contributed by atoms with van der Waals surface area (Å²) in [6.07, 6.45) is 3.62. The third kappa shape index (κ3) is 5.71. The molecule has 2 aromatic rings. The summed E-state index contributed by atoms with van der Waals surface area (Å²) >= 11 is 1.62. The molecule has 0 radical (unpaired) electrons. The van der Waals surface area contributed by atoms with E-state index in [-0.39, 0.29) is 11.9 Å². The van der Waals surface area contributed by atoms with Crippen molar-refractivity contribution in [2.75, 3.05) is 0 Å². The molecule has 1 aromatic carbocycles. The second-order valence-corrected chi connectivity index (χ2v) is 7.49. The van der Waals surface area contributed by atoms with E-state index in [4.69, 9.17) is 0 Å². The van der Waals surface area contributed by atoms with Gasteiger partial charge in [-0.05, 0) is 37.5 Å². The zero-order valence-corrected chi connectivity index (χ0v) is 14.8. The molecular weight excluding hydrogens is 304 g/mol. The SMILES string of the molecule is CC(CCc1ccccc1)NC(=O)c1cccnc1SC(C)C. The summed E-state index contributed by atoms with van der Waals surface area (Å²) in [6, 6.07) is 14.1. The van der Waals surface area contributed by atoms with Crippen molar-refractivity contribution in [2.45, 2.75) is 49.9 Å². The van der Waals surface area contributed by atoms with Gasteiger partial charge in [-0.1, -0.05) is 44.2 Å². The maximum Gasteiger partial charge on any atom is 0.254 e. The van der Waals surface area contributed by atoms with Crippen molar-refractivity contribution in [2.24, 2.45) is 0 Å². The lowest BCUT2D eigenvalue weighted by Crippen LogP contribution is -2.33. The quantitative estimate of drug-likeness (QED) is 0.769. The van der Waals surface area contributed by atoms with Crippen molar-refractivity contribution in [3.05, 3.63) is 59.8 Å². The van der Waals surface area contributed by atoms with Gasteiger partial charge in [-0.15, -0.1) is 11.8 Å². The molecule has 1 aromatic heterocycles. The third-order valence-electron chi connectivity index (χ3n) is 3.45. The molecule has 0 aliphatic heterocycles. The Bertz CT molecular complexity index is 628. The van der Waals surface area contributed by atoms with Crippen LogP contribution in [0.4, 0.5) is 0 Å². The van der Waals surface area contributed by atoms with Gasteiger partial charge in [-0.3, -0.25) is 4.79 Å². The lowest BCUT2D eigenvalue weighted by molar-refractivity contribution is 0.0935. The Morgan fingerprint density at radius 1 is 1.13 bits per heavy atom. The molecule has 3 nitrogen and oxygen atoms in total. The number of nitrogens with zero attached hydrogens (tertiary/aromatic N) is 1. The Morgan fingerprint density at radius 3 is 2.57 bits per heavy atom. The number of carbonyl (C=O) groups excluding carboxylic acids is 1. The molecule has 0 saturated carbocycles. The smallest absolute Gasteiger partial charge is 0.254 e. The summed E-state index contributed by atoms with van der Waals surface area (Å²) in [7, 11) is 0. The van der Waals surface area contributed by atoms with Gasteiger partial charge in [-0.2, -0.15) is 0 Å². The number of aryl methyl sites for hydroxylation is 1. The first-order chi connectivity index (χ1) is 11.1. The van der Waals surface area contributed by atoms with Crippen molar-refractivity contribution < 1.29 is 4.79 Å². The molecule has 1 N–H and O–H groups in total. The standard InChI is InChI=1S/C19H24N2OS/c1-14(2)23-19-17(10-7-13-20-19)18(22)21-15(3)11-12-16-8-5-4-6-9-16/h4-10,13-15H,11-12H2,1-3H3,(H,21,22). The van der Waals surface area contributed by atoms with E-state index >= 15 is 0 Å². The van der Waals surface area contributed by atoms with Crippen molar-refractivity contribution in [3.63, 3.8) is 0 Å². The molecule has 0 saturated heterocycles. The minimum atomic E-state index is -0.0400. The van der Waals surface area contributed by atoms with Crippen LogP contribution < -0.4 is 5.32 Å². The number of carbonyl (C=O) groups is 1. The zero-order chi connectivity index (χ0) is 16.7. The number of amides is 1. The lowest BCUT2D eigenvalue weighted by atomic mass is 10.1. The van der Waals surface area contributed by atoms with Gasteiger partial charge >= 0.3 is 0 Å².